The molecule has 18 heavy (non-hydrogen) atoms. The molecule has 0 bridgehead atoms. The number of H-pyrrole nitrogens is 1. The second kappa shape index (κ2) is 6.71. The van der Waals surface area contributed by atoms with Gasteiger partial charge in [0.15, 0.2) is 17.5 Å². The molecule has 0 aliphatic rings. The maximum absolute atomic E-state index is 5.22. The first-order valence-electron chi connectivity index (χ1n) is 5.89. The van der Waals surface area contributed by atoms with Crippen molar-refractivity contribution in [1.29, 1.82) is 0 Å². The van der Waals surface area contributed by atoms with Gasteiger partial charge in [0.1, 0.15) is 0 Å². The van der Waals surface area contributed by atoms with Crippen molar-refractivity contribution in [3.8, 4) is 0 Å². The van der Waals surface area contributed by atoms with Gasteiger partial charge in [0.05, 0.1) is 0 Å². The maximum atomic E-state index is 5.22. The zero-order valence-electron chi connectivity index (χ0n) is 10.0. The van der Waals surface area contributed by atoms with Crippen molar-refractivity contribution < 1.29 is 4.98 Å². The Hall–Kier alpha value is -1.94. The Morgan fingerprint density at radius 3 is 2.50 bits per heavy atom. The third kappa shape index (κ3) is 4.14. The van der Waals surface area contributed by atoms with Crippen molar-refractivity contribution in [2.75, 3.05) is 11.9 Å². The topological polar surface area (TPSA) is 38.2 Å². The zero-order chi connectivity index (χ0) is 12.6. The Balaban J connectivity index is 1.73. The smallest absolute Gasteiger partial charge is 0.170 e. The number of thiocarbonyl (C=S) groups is 1. The summed E-state index contributed by atoms with van der Waals surface area (Å²) in [5.41, 5.74) is 2.29. The van der Waals surface area contributed by atoms with Gasteiger partial charge in [0.25, 0.3) is 0 Å². The standard InChI is InChI=1S/C14H15N3S/c18-14(17-13-4-2-1-3-5-13)16-11-8-12-6-9-15-10-7-12/h1-7,9-10H,8,11H2,(H2,16,17,18)/p+1. The molecule has 0 fully saturated rings. The van der Waals surface area contributed by atoms with E-state index in [1.54, 1.807) is 0 Å². The largest absolute Gasteiger partial charge is 0.362 e. The number of hydrogen-bond acceptors (Lipinski definition) is 1. The van der Waals surface area contributed by atoms with Gasteiger partial charge in [-0.05, 0) is 36.3 Å². The molecule has 1 aromatic heterocycles. The number of rotatable bonds is 4. The van der Waals surface area contributed by atoms with Crippen LogP contribution in [-0.2, 0) is 6.42 Å². The molecule has 0 atom stereocenters. The van der Waals surface area contributed by atoms with E-state index in [1.165, 1.54) is 5.56 Å². The van der Waals surface area contributed by atoms with E-state index in [0.717, 1.165) is 18.7 Å². The molecule has 0 amide bonds. The summed E-state index contributed by atoms with van der Waals surface area (Å²) in [6.07, 6.45) is 4.80. The summed E-state index contributed by atoms with van der Waals surface area (Å²) in [5, 5.41) is 6.99. The fourth-order valence-corrected chi connectivity index (χ4v) is 1.83. The molecule has 0 unspecified atom stereocenters. The number of anilines is 1. The van der Waals surface area contributed by atoms with E-state index < -0.39 is 0 Å². The monoisotopic (exact) mass is 258 g/mol. The highest BCUT2D eigenvalue weighted by atomic mass is 32.1. The van der Waals surface area contributed by atoms with E-state index in [9.17, 15) is 0 Å². The molecule has 3 nitrogen and oxygen atoms in total. The van der Waals surface area contributed by atoms with Crippen molar-refractivity contribution in [2.24, 2.45) is 0 Å². The van der Waals surface area contributed by atoms with Crippen molar-refractivity contribution in [2.45, 2.75) is 6.42 Å². The fraction of sp³-hybridized carbons (Fsp3) is 0.143. The minimum Gasteiger partial charge on any atom is -0.362 e. The summed E-state index contributed by atoms with van der Waals surface area (Å²) in [5.74, 6) is 0. The second-order valence-electron chi connectivity index (χ2n) is 3.91. The van der Waals surface area contributed by atoms with Gasteiger partial charge in [-0.15, -0.1) is 0 Å². The SMILES string of the molecule is S=C(NCCc1cc[nH+]cc1)Nc1ccccc1. The Kier molecular flexibility index (Phi) is 4.67. The highest BCUT2D eigenvalue weighted by Crippen LogP contribution is 2.04. The van der Waals surface area contributed by atoms with Crippen LogP contribution in [0.4, 0.5) is 5.69 Å². The average molecular weight is 258 g/mol. The first kappa shape index (κ1) is 12.5. The van der Waals surface area contributed by atoms with Crippen LogP contribution in [0.25, 0.3) is 0 Å². The summed E-state index contributed by atoms with van der Waals surface area (Å²) in [7, 11) is 0. The highest BCUT2D eigenvalue weighted by Gasteiger charge is 1.97. The van der Waals surface area contributed by atoms with Crippen LogP contribution in [0.2, 0.25) is 0 Å². The van der Waals surface area contributed by atoms with Crippen LogP contribution in [-0.4, -0.2) is 11.7 Å². The maximum Gasteiger partial charge on any atom is 0.170 e. The van der Waals surface area contributed by atoms with Gasteiger partial charge >= 0.3 is 0 Å². The molecule has 92 valence electrons. The second-order valence-corrected chi connectivity index (χ2v) is 4.31. The molecular formula is C14H16N3S+. The van der Waals surface area contributed by atoms with Gasteiger partial charge in [0, 0.05) is 24.4 Å². The molecule has 4 heteroatoms. The van der Waals surface area contributed by atoms with Crippen LogP contribution in [0.15, 0.2) is 54.9 Å². The lowest BCUT2D eigenvalue weighted by atomic mass is 10.2. The van der Waals surface area contributed by atoms with Gasteiger partial charge < -0.3 is 10.6 Å². The molecule has 2 rings (SSSR count). The van der Waals surface area contributed by atoms with Crippen LogP contribution < -0.4 is 15.6 Å². The van der Waals surface area contributed by atoms with Gasteiger partial charge in [-0.25, -0.2) is 4.98 Å². The number of para-hydroxylation sites is 1. The van der Waals surface area contributed by atoms with Gasteiger partial charge in [-0.3, -0.25) is 0 Å². The number of benzene rings is 1. The Bertz CT molecular complexity index is 485. The van der Waals surface area contributed by atoms with Crippen LogP contribution >= 0.6 is 12.2 Å². The van der Waals surface area contributed by atoms with Gasteiger partial charge in [0.2, 0.25) is 0 Å². The lowest BCUT2D eigenvalue weighted by Gasteiger charge is -2.09. The third-order valence-electron chi connectivity index (χ3n) is 2.52. The summed E-state index contributed by atoms with van der Waals surface area (Å²) < 4.78 is 0. The van der Waals surface area contributed by atoms with E-state index in [1.807, 2.05) is 42.7 Å². The summed E-state index contributed by atoms with van der Waals surface area (Å²) >= 11 is 5.22. The van der Waals surface area contributed by atoms with E-state index in [2.05, 4.69) is 27.8 Å². The van der Waals surface area contributed by atoms with E-state index in [4.69, 9.17) is 12.2 Å². The lowest BCUT2D eigenvalue weighted by molar-refractivity contribution is -0.378. The Labute approximate surface area is 112 Å². The number of pyridine rings is 1. The lowest BCUT2D eigenvalue weighted by Crippen LogP contribution is -2.30. The van der Waals surface area contributed by atoms with Crippen LogP contribution in [0, 0.1) is 0 Å². The van der Waals surface area contributed by atoms with Gasteiger partial charge in [-0.2, -0.15) is 0 Å². The first-order valence-corrected chi connectivity index (χ1v) is 6.30. The van der Waals surface area contributed by atoms with E-state index in [0.29, 0.717) is 5.11 Å². The minimum atomic E-state index is 0.656. The molecule has 1 heterocycles. The van der Waals surface area contributed by atoms with Crippen molar-refractivity contribution in [1.82, 2.24) is 5.32 Å². The minimum absolute atomic E-state index is 0.656. The van der Waals surface area contributed by atoms with Gasteiger partial charge in [-0.1, -0.05) is 18.2 Å². The first-order chi connectivity index (χ1) is 8.84. The molecule has 3 N–H and O–H groups in total. The molecule has 0 radical (unpaired) electrons. The fourth-order valence-electron chi connectivity index (χ4n) is 1.61. The predicted molar refractivity (Wildman–Crippen MR) is 77.4 cm³/mol. The predicted octanol–water partition coefficient (Wildman–Crippen LogP) is 2.03. The van der Waals surface area contributed by atoms with Crippen LogP contribution in [0.3, 0.4) is 0 Å². The molecular weight excluding hydrogens is 242 g/mol. The summed E-state index contributed by atoms with van der Waals surface area (Å²) in [6.45, 7) is 0.822. The quantitative estimate of drug-likeness (QED) is 0.824. The molecule has 2 aromatic rings. The highest BCUT2D eigenvalue weighted by molar-refractivity contribution is 7.80. The van der Waals surface area contributed by atoms with Crippen molar-refractivity contribution in [3.63, 3.8) is 0 Å². The average Bonchev–Trinajstić information content (AvgIpc) is 2.41. The number of aromatic amines is 1. The zero-order valence-corrected chi connectivity index (χ0v) is 10.8. The molecule has 0 spiro atoms. The van der Waals surface area contributed by atoms with Crippen LogP contribution in [0.5, 0.6) is 0 Å². The number of aromatic nitrogens is 1. The Morgan fingerprint density at radius 1 is 1.06 bits per heavy atom. The summed E-state index contributed by atoms with van der Waals surface area (Å²) in [6, 6.07) is 14.0. The third-order valence-corrected chi connectivity index (χ3v) is 2.76. The number of nitrogens with one attached hydrogen (secondary N) is 3. The molecule has 1 aromatic carbocycles. The van der Waals surface area contributed by atoms with E-state index >= 15 is 0 Å². The Morgan fingerprint density at radius 2 is 1.78 bits per heavy atom. The van der Waals surface area contributed by atoms with Crippen LogP contribution in [0.1, 0.15) is 5.56 Å². The molecule has 0 saturated heterocycles. The molecule has 0 aliphatic carbocycles. The normalized spacial score (nSPS) is 9.78. The molecule has 0 saturated carbocycles. The van der Waals surface area contributed by atoms with E-state index in [-0.39, 0.29) is 0 Å². The molecule has 0 aliphatic heterocycles. The van der Waals surface area contributed by atoms with Crippen molar-refractivity contribution >= 4 is 23.0 Å². The summed E-state index contributed by atoms with van der Waals surface area (Å²) in [4.78, 5) is 3.01. The number of hydrogen-bond donors (Lipinski definition) is 2. The van der Waals surface area contributed by atoms with Crippen molar-refractivity contribution in [3.05, 3.63) is 60.4 Å².